The van der Waals surface area contributed by atoms with Crippen LogP contribution in [0.15, 0.2) is 36.4 Å². The van der Waals surface area contributed by atoms with E-state index in [0.29, 0.717) is 0 Å². The summed E-state index contributed by atoms with van der Waals surface area (Å²) in [5.41, 5.74) is 5.27. The summed E-state index contributed by atoms with van der Waals surface area (Å²) >= 11 is 0. The van der Waals surface area contributed by atoms with Crippen molar-refractivity contribution in [3.8, 4) is 11.1 Å². The topological polar surface area (TPSA) is 4.93 Å². The standard InChI is InChI=1S/C13H15N/c1-10-9-13(11(2)14(10)3)12-7-5-4-6-8-12/h4-9H,1-3H3. The molecule has 0 saturated carbocycles. The van der Waals surface area contributed by atoms with E-state index in [2.05, 4.69) is 61.9 Å². The van der Waals surface area contributed by atoms with Crippen LogP contribution in [0.3, 0.4) is 0 Å². The first-order valence-electron chi connectivity index (χ1n) is 4.88. The minimum absolute atomic E-state index is 1.30. The summed E-state index contributed by atoms with van der Waals surface area (Å²) in [5, 5.41) is 0. The number of benzene rings is 1. The molecule has 0 aliphatic heterocycles. The molecule has 14 heavy (non-hydrogen) atoms. The summed E-state index contributed by atoms with van der Waals surface area (Å²) in [4.78, 5) is 0. The third-order valence-electron chi connectivity index (χ3n) is 2.86. The van der Waals surface area contributed by atoms with E-state index in [1.54, 1.807) is 0 Å². The molecule has 0 spiro atoms. The fourth-order valence-corrected chi connectivity index (χ4v) is 1.77. The van der Waals surface area contributed by atoms with E-state index >= 15 is 0 Å². The zero-order valence-electron chi connectivity index (χ0n) is 8.91. The van der Waals surface area contributed by atoms with Crippen LogP contribution in [-0.4, -0.2) is 4.57 Å². The molecule has 1 aromatic carbocycles. The van der Waals surface area contributed by atoms with Crippen LogP contribution in [0.2, 0.25) is 0 Å². The average Bonchev–Trinajstić information content (AvgIpc) is 2.47. The predicted molar refractivity (Wildman–Crippen MR) is 60.3 cm³/mol. The smallest absolute Gasteiger partial charge is 0.0221 e. The maximum atomic E-state index is 2.24. The van der Waals surface area contributed by atoms with Gasteiger partial charge in [-0.2, -0.15) is 0 Å². The number of rotatable bonds is 1. The molecule has 0 saturated heterocycles. The summed E-state index contributed by atoms with van der Waals surface area (Å²) in [6, 6.07) is 12.8. The minimum atomic E-state index is 1.30. The molecule has 1 aromatic heterocycles. The Balaban J connectivity index is 2.58. The lowest BCUT2D eigenvalue weighted by Crippen LogP contribution is -1.92. The normalized spacial score (nSPS) is 10.5. The van der Waals surface area contributed by atoms with Crippen molar-refractivity contribution in [3.05, 3.63) is 47.8 Å². The maximum absolute atomic E-state index is 2.24. The van der Waals surface area contributed by atoms with Gasteiger partial charge in [0.1, 0.15) is 0 Å². The van der Waals surface area contributed by atoms with E-state index in [9.17, 15) is 0 Å². The van der Waals surface area contributed by atoms with Gasteiger partial charge in [-0.15, -0.1) is 0 Å². The second-order valence-electron chi connectivity index (χ2n) is 3.71. The quantitative estimate of drug-likeness (QED) is 0.642. The van der Waals surface area contributed by atoms with Crippen LogP contribution in [0, 0.1) is 13.8 Å². The summed E-state index contributed by atoms with van der Waals surface area (Å²) in [6.45, 7) is 4.30. The van der Waals surface area contributed by atoms with Crippen molar-refractivity contribution in [2.24, 2.45) is 7.05 Å². The second-order valence-corrected chi connectivity index (χ2v) is 3.71. The van der Waals surface area contributed by atoms with E-state index in [-0.39, 0.29) is 0 Å². The third-order valence-corrected chi connectivity index (χ3v) is 2.86. The molecule has 0 amide bonds. The van der Waals surface area contributed by atoms with Gasteiger partial charge in [0.05, 0.1) is 0 Å². The Morgan fingerprint density at radius 3 is 2.14 bits per heavy atom. The van der Waals surface area contributed by atoms with Gasteiger partial charge in [0.25, 0.3) is 0 Å². The van der Waals surface area contributed by atoms with Gasteiger partial charge in [0, 0.05) is 24.0 Å². The highest BCUT2D eigenvalue weighted by atomic mass is 14.9. The van der Waals surface area contributed by atoms with E-state index in [4.69, 9.17) is 0 Å². The molecular weight excluding hydrogens is 170 g/mol. The number of aromatic nitrogens is 1. The Morgan fingerprint density at radius 2 is 1.64 bits per heavy atom. The van der Waals surface area contributed by atoms with Crippen LogP contribution in [0.1, 0.15) is 11.4 Å². The summed E-state index contributed by atoms with van der Waals surface area (Å²) in [7, 11) is 2.11. The van der Waals surface area contributed by atoms with Crippen LogP contribution < -0.4 is 0 Å². The molecule has 2 rings (SSSR count). The summed E-state index contributed by atoms with van der Waals surface area (Å²) in [5.74, 6) is 0. The van der Waals surface area contributed by atoms with Crippen molar-refractivity contribution < 1.29 is 0 Å². The number of hydrogen-bond donors (Lipinski definition) is 0. The molecule has 0 bridgehead atoms. The summed E-state index contributed by atoms with van der Waals surface area (Å²) < 4.78 is 2.22. The molecule has 0 atom stereocenters. The number of aryl methyl sites for hydroxylation is 1. The van der Waals surface area contributed by atoms with Crippen LogP contribution in [0.4, 0.5) is 0 Å². The molecule has 0 aliphatic rings. The maximum Gasteiger partial charge on any atom is 0.0221 e. The Labute approximate surface area is 85.0 Å². The number of hydrogen-bond acceptors (Lipinski definition) is 0. The minimum Gasteiger partial charge on any atom is -0.352 e. The van der Waals surface area contributed by atoms with Crippen LogP contribution >= 0.6 is 0 Å². The number of nitrogens with zero attached hydrogens (tertiary/aromatic N) is 1. The first-order valence-corrected chi connectivity index (χ1v) is 4.88. The summed E-state index contributed by atoms with van der Waals surface area (Å²) in [6.07, 6.45) is 0. The van der Waals surface area contributed by atoms with Crippen molar-refractivity contribution in [2.75, 3.05) is 0 Å². The molecule has 0 radical (unpaired) electrons. The molecule has 0 fully saturated rings. The van der Waals surface area contributed by atoms with Gasteiger partial charge in [-0.05, 0) is 25.5 Å². The van der Waals surface area contributed by atoms with E-state index in [1.165, 1.54) is 22.5 Å². The molecule has 0 aliphatic carbocycles. The SMILES string of the molecule is Cc1cc(-c2ccccc2)c(C)n1C. The third kappa shape index (κ3) is 1.35. The lowest BCUT2D eigenvalue weighted by molar-refractivity contribution is 0.845. The lowest BCUT2D eigenvalue weighted by Gasteiger charge is -2.02. The Kier molecular flexibility index (Phi) is 2.16. The fourth-order valence-electron chi connectivity index (χ4n) is 1.77. The van der Waals surface area contributed by atoms with Gasteiger partial charge in [0.2, 0.25) is 0 Å². The molecule has 2 aromatic rings. The Bertz CT molecular complexity index is 438. The van der Waals surface area contributed by atoms with Gasteiger partial charge < -0.3 is 4.57 Å². The van der Waals surface area contributed by atoms with Crippen molar-refractivity contribution in [1.29, 1.82) is 0 Å². The van der Waals surface area contributed by atoms with E-state index in [1.807, 2.05) is 0 Å². The van der Waals surface area contributed by atoms with Gasteiger partial charge in [0.15, 0.2) is 0 Å². The predicted octanol–water partition coefficient (Wildman–Crippen LogP) is 3.31. The molecule has 0 N–H and O–H groups in total. The molecule has 1 heterocycles. The van der Waals surface area contributed by atoms with Gasteiger partial charge in [-0.25, -0.2) is 0 Å². The highest BCUT2D eigenvalue weighted by Gasteiger charge is 2.06. The zero-order chi connectivity index (χ0) is 10.1. The van der Waals surface area contributed by atoms with Crippen LogP contribution in [-0.2, 0) is 7.05 Å². The molecule has 72 valence electrons. The Hall–Kier alpha value is -1.50. The monoisotopic (exact) mass is 185 g/mol. The average molecular weight is 185 g/mol. The van der Waals surface area contributed by atoms with Gasteiger partial charge in [-0.3, -0.25) is 0 Å². The van der Waals surface area contributed by atoms with Crippen molar-refractivity contribution >= 4 is 0 Å². The highest BCUT2D eigenvalue weighted by Crippen LogP contribution is 2.25. The molecule has 1 nitrogen and oxygen atoms in total. The first kappa shape index (κ1) is 9.07. The van der Waals surface area contributed by atoms with Crippen molar-refractivity contribution in [1.82, 2.24) is 4.57 Å². The van der Waals surface area contributed by atoms with Gasteiger partial charge in [-0.1, -0.05) is 30.3 Å². The Morgan fingerprint density at radius 1 is 1.00 bits per heavy atom. The van der Waals surface area contributed by atoms with E-state index in [0.717, 1.165) is 0 Å². The van der Waals surface area contributed by atoms with Crippen molar-refractivity contribution in [3.63, 3.8) is 0 Å². The second kappa shape index (κ2) is 3.33. The molecular formula is C13H15N. The zero-order valence-corrected chi connectivity index (χ0v) is 8.91. The highest BCUT2D eigenvalue weighted by molar-refractivity contribution is 5.67. The van der Waals surface area contributed by atoms with E-state index < -0.39 is 0 Å². The van der Waals surface area contributed by atoms with Crippen LogP contribution in [0.25, 0.3) is 11.1 Å². The first-order chi connectivity index (χ1) is 6.70. The van der Waals surface area contributed by atoms with Crippen LogP contribution in [0.5, 0.6) is 0 Å². The molecule has 0 unspecified atom stereocenters. The van der Waals surface area contributed by atoms with Crippen molar-refractivity contribution in [2.45, 2.75) is 13.8 Å². The molecule has 1 heteroatoms. The van der Waals surface area contributed by atoms with Gasteiger partial charge >= 0.3 is 0 Å². The largest absolute Gasteiger partial charge is 0.352 e. The lowest BCUT2D eigenvalue weighted by atomic mass is 10.1. The fraction of sp³-hybridized carbons (Fsp3) is 0.231.